The van der Waals surface area contributed by atoms with E-state index in [4.69, 9.17) is 0 Å². The Morgan fingerprint density at radius 1 is 1.35 bits per heavy atom. The van der Waals surface area contributed by atoms with Crippen LogP contribution in [0, 0.1) is 0 Å². The van der Waals surface area contributed by atoms with E-state index < -0.39 is 0 Å². The standard InChI is InChI=1S/C16H22N2O2/c1-3-13-5-7-14(8-6-13)16(20)12(2)18-10-4-9-17-15(19)11-18/h5-8,12H,3-4,9-11H2,1-2H3,(H,17,19). The molecule has 1 saturated heterocycles. The molecule has 1 unspecified atom stereocenters. The van der Waals surface area contributed by atoms with Crippen molar-refractivity contribution in [2.75, 3.05) is 19.6 Å². The van der Waals surface area contributed by atoms with Crippen LogP contribution in [0.1, 0.15) is 36.2 Å². The number of nitrogens with zero attached hydrogens (tertiary/aromatic N) is 1. The van der Waals surface area contributed by atoms with Crippen LogP contribution in [0.15, 0.2) is 24.3 Å². The zero-order chi connectivity index (χ0) is 14.5. The smallest absolute Gasteiger partial charge is 0.234 e. The number of benzene rings is 1. The normalized spacial score (nSPS) is 18.2. The molecule has 108 valence electrons. The predicted octanol–water partition coefficient (Wildman–Crippen LogP) is 1.64. The molecule has 4 heteroatoms. The fraction of sp³-hybridized carbons (Fsp3) is 0.500. The molecule has 1 aromatic carbocycles. The number of hydrogen-bond donors (Lipinski definition) is 1. The van der Waals surface area contributed by atoms with Crippen LogP contribution in [-0.4, -0.2) is 42.3 Å². The minimum Gasteiger partial charge on any atom is -0.355 e. The van der Waals surface area contributed by atoms with Crippen LogP contribution in [0.5, 0.6) is 0 Å². The van der Waals surface area contributed by atoms with E-state index in [1.165, 1.54) is 5.56 Å². The molecule has 1 heterocycles. The van der Waals surface area contributed by atoms with Crippen LogP contribution >= 0.6 is 0 Å². The number of amides is 1. The van der Waals surface area contributed by atoms with Crippen molar-refractivity contribution in [1.29, 1.82) is 0 Å². The summed E-state index contributed by atoms with van der Waals surface area (Å²) in [4.78, 5) is 26.0. The maximum Gasteiger partial charge on any atom is 0.234 e. The summed E-state index contributed by atoms with van der Waals surface area (Å²) in [5, 5.41) is 2.83. The third-order valence-corrected chi connectivity index (χ3v) is 3.86. The lowest BCUT2D eigenvalue weighted by Crippen LogP contribution is -2.42. The summed E-state index contributed by atoms with van der Waals surface area (Å²) in [6, 6.07) is 7.50. The molecule has 0 aliphatic carbocycles. The van der Waals surface area contributed by atoms with Gasteiger partial charge in [0.25, 0.3) is 0 Å². The van der Waals surface area contributed by atoms with Crippen LogP contribution in [0.4, 0.5) is 0 Å². The Morgan fingerprint density at radius 3 is 2.70 bits per heavy atom. The molecule has 1 atom stereocenters. The van der Waals surface area contributed by atoms with Crippen LogP contribution < -0.4 is 5.32 Å². The number of aryl methyl sites for hydroxylation is 1. The molecule has 0 spiro atoms. The van der Waals surface area contributed by atoms with E-state index in [0.717, 1.165) is 24.9 Å². The van der Waals surface area contributed by atoms with Gasteiger partial charge in [0.15, 0.2) is 5.78 Å². The first-order valence-electron chi connectivity index (χ1n) is 7.25. The van der Waals surface area contributed by atoms with Gasteiger partial charge in [-0.3, -0.25) is 14.5 Å². The molecular weight excluding hydrogens is 252 g/mol. The van der Waals surface area contributed by atoms with Gasteiger partial charge in [0, 0.05) is 18.7 Å². The molecule has 20 heavy (non-hydrogen) atoms. The van der Waals surface area contributed by atoms with E-state index >= 15 is 0 Å². The van der Waals surface area contributed by atoms with Crippen molar-refractivity contribution in [2.24, 2.45) is 0 Å². The Hall–Kier alpha value is -1.68. The first-order valence-corrected chi connectivity index (χ1v) is 7.25. The van der Waals surface area contributed by atoms with E-state index in [9.17, 15) is 9.59 Å². The van der Waals surface area contributed by atoms with Gasteiger partial charge in [0.05, 0.1) is 12.6 Å². The van der Waals surface area contributed by atoms with Crippen LogP contribution in [0.3, 0.4) is 0 Å². The largest absolute Gasteiger partial charge is 0.355 e. The molecule has 0 aromatic heterocycles. The monoisotopic (exact) mass is 274 g/mol. The van der Waals surface area contributed by atoms with Gasteiger partial charge < -0.3 is 5.32 Å². The highest BCUT2D eigenvalue weighted by Gasteiger charge is 2.25. The fourth-order valence-corrected chi connectivity index (χ4v) is 2.47. The zero-order valence-electron chi connectivity index (χ0n) is 12.2. The SMILES string of the molecule is CCc1ccc(C(=O)C(C)N2CCCNC(=O)C2)cc1. The fourth-order valence-electron chi connectivity index (χ4n) is 2.47. The first-order chi connectivity index (χ1) is 9.61. The Morgan fingerprint density at radius 2 is 2.05 bits per heavy atom. The lowest BCUT2D eigenvalue weighted by Gasteiger charge is -2.25. The van der Waals surface area contributed by atoms with Crippen LogP contribution in [-0.2, 0) is 11.2 Å². The summed E-state index contributed by atoms with van der Waals surface area (Å²) in [7, 11) is 0. The average Bonchev–Trinajstić information content (AvgIpc) is 2.70. The molecule has 1 aromatic rings. The Kier molecular flexibility index (Phi) is 4.90. The third-order valence-electron chi connectivity index (χ3n) is 3.86. The maximum atomic E-state index is 12.5. The second-order valence-corrected chi connectivity index (χ2v) is 5.26. The number of carbonyl (C=O) groups is 2. The minimum atomic E-state index is -0.258. The van der Waals surface area contributed by atoms with E-state index in [1.807, 2.05) is 36.1 Å². The summed E-state index contributed by atoms with van der Waals surface area (Å²) < 4.78 is 0. The van der Waals surface area contributed by atoms with Crippen molar-refractivity contribution >= 4 is 11.7 Å². The molecule has 1 fully saturated rings. The van der Waals surface area contributed by atoms with Gasteiger partial charge in [0.1, 0.15) is 0 Å². The van der Waals surface area contributed by atoms with E-state index in [1.54, 1.807) is 0 Å². The zero-order valence-corrected chi connectivity index (χ0v) is 12.2. The predicted molar refractivity (Wildman–Crippen MR) is 78.8 cm³/mol. The van der Waals surface area contributed by atoms with Gasteiger partial charge in [-0.25, -0.2) is 0 Å². The summed E-state index contributed by atoms with van der Waals surface area (Å²) in [6.45, 7) is 5.75. The number of carbonyl (C=O) groups excluding carboxylic acids is 2. The molecule has 4 nitrogen and oxygen atoms in total. The van der Waals surface area contributed by atoms with E-state index in [0.29, 0.717) is 13.1 Å². The highest BCUT2D eigenvalue weighted by Crippen LogP contribution is 2.12. The van der Waals surface area contributed by atoms with Crippen molar-refractivity contribution in [3.63, 3.8) is 0 Å². The van der Waals surface area contributed by atoms with Gasteiger partial charge in [-0.05, 0) is 25.3 Å². The van der Waals surface area contributed by atoms with Crippen molar-refractivity contribution in [1.82, 2.24) is 10.2 Å². The molecule has 0 radical (unpaired) electrons. The summed E-state index contributed by atoms with van der Waals surface area (Å²) in [5.41, 5.74) is 1.95. The molecular formula is C16H22N2O2. The molecule has 0 bridgehead atoms. The second kappa shape index (κ2) is 6.66. The van der Waals surface area contributed by atoms with E-state index in [2.05, 4.69) is 12.2 Å². The summed E-state index contributed by atoms with van der Waals surface area (Å²) in [5.74, 6) is 0.0887. The number of ketones is 1. The van der Waals surface area contributed by atoms with E-state index in [-0.39, 0.29) is 17.7 Å². The quantitative estimate of drug-likeness (QED) is 0.849. The Labute approximate surface area is 120 Å². The van der Waals surface area contributed by atoms with Crippen LogP contribution in [0.25, 0.3) is 0 Å². The first kappa shape index (κ1) is 14.7. The van der Waals surface area contributed by atoms with Crippen LogP contribution in [0.2, 0.25) is 0 Å². The number of rotatable bonds is 4. The summed E-state index contributed by atoms with van der Waals surface area (Å²) in [6.07, 6.45) is 1.86. The molecule has 1 N–H and O–H groups in total. The molecule has 1 aliphatic heterocycles. The number of Topliss-reactive ketones (excluding diaryl/α,β-unsaturated/α-hetero) is 1. The van der Waals surface area contributed by atoms with Crippen molar-refractivity contribution in [3.05, 3.63) is 35.4 Å². The van der Waals surface area contributed by atoms with Crippen molar-refractivity contribution < 1.29 is 9.59 Å². The molecule has 1 amide bonds. The van der Waals surface area contributed by atoms with Crippen molar-refractivity contribution in [3.8, 4) is 0 Å². The lowest BCUT2D eigenvalue weighted by atomic mass is 10.0. The van der Waals surface area contributed by atoms with Gasteiger partial charge in [0.2, 0.25) is 5.91 Å². The molecule has 0 saturated carbocycles. The number of hydrogen-bond acceptors (Lipinski definition) is 3. The second-order valence-electron chi connectivity index (χ2n) is 5.26. The van der Waals surface area contributed by atoms with Gasteiger partial charge >= 0.3 is 0 Å². The lowest BCUT2D eigenvalue weighted by molar-refractivity contribution is -0.121. The average molecular weight is 274 g/mol. The van der Waals surface area contributed by atoms with Gasteiger partial charge in [-0.15, -0.1) is 0 Å². The minimum absolute atomic E-state index is 0.00322. The topological polar surface area (TPSA) is 49.4 Å². The summed E-state index contributed by atoms with van der Waals surface area (Å²) >= 11 is 0. The number of nitrogens with one attached hydrogen (secondary N) is 1. The Balaban J connectivity index is 2.08. The molecule has 2 rings (SSSR count). The Bertz CT molecular complexity index is 482. The highest BCUT2D eigenvalue weighted by molar-refractivity contribution is 6.00. The highest BCUT2D eigenvalue weighted by atomic mass is 16.2. The maximum absolute atomic E-state index is 12.5. The van der Waals surface area contributed by atoms with Gasteiger partial charge in [-0.2, -0.15) is 0 Å². The molecule has 1 aliphatic rings. The van der Waals surface area contributed by atoms with Gasteiger partial charge in [-0.1, -0.05) is 31.2 Å². The third kappa shape index (κ3) is 3.45. The van der Waals surface area contributed by atoms with Crippen molar-refractivity contribution in [2.45, 2.75) is 32.7 Å².